The third-order valence-electron chi connectivity index (χ3n) is 2.90. The lowest BCUT2D eigenvalue weighted by atomic mass is 10.1. The molecule has 1 aromatic carbocycles. The van der Waals surface area contributed by atoms with Gasteiger partial charge in [0, 0.05) is 12.7 Å². The van der Waals surface area contributed by atoms with E-state index in [2.05, 4.69) is 54.7 Å². The molecule has 0 saturated carbocycles. The van der Waals surface area contributed by atoms with Crippen LogP contribution in [-0.4, -0.2) is 12.9 Å². The van der Waals surface area contributed by atoms with Crippen LogP contribution in [0.4, 0.5) is 5.69 Å². The van der Waals surface area contributed by atoms with Gasteiger partial charge in [-0.2, -0.15) is 0 Å². The second-order valence-electron chi connectivity index (χ2n) is 4.45. The van der Waals surface area contributed by atoms with Gasteiger partial charge in [-0.3, -0.25) is 4.99 Å². The molecule has 1 N–H and O–H groups in total. The van der Waals surface area contributed by atoms with Crippen LogP contribution < -0.4 is 5.32 Å². The van der Waals surface area contributed by atoms with Crippen LogP contribution in [0.3, 0.4) is 0 Å². The third kappa shape index (κ3) is 2.62. The molecule has 94 valence electrons. The Morgan fingerprint density at radius 3 is 2.33 bits per heavy atom. The maximum Gasteiger partial charge on any atom is 0.142 e. The molecule has 1 aromatic heterocycles. The van der Waals surface area contributed by atoms with Crippen molar-refractivity contribution in [2.75, 3.05) is 12.4 Å². The van der Waals surface area contributed by atoms with Crippen molar-refractivity contribution in [3.8, 4) is 0 Å². The topological polar surface area (TPSA) is 24.4 Å². The second kappa shape index (κ2) is 5.36. The SMILES string of the molecule is CN=C(Nc1c(C)cc(C)cc1C)c1cccs1. The molecule has 1 heterocycles. The molecule has 0 atom stereocenters. The van der Waals surface area contributed by atoms with Crippen molar-refractivity contribution in [1.82, 2.24) is 0 Å². The van der Waals surface area contributed by atoms with Gasteiger partial charge in [0.25, 0.3) is 0 Å². The Kier molecular flexibility index (Phi) is 3.82. The zero-order valence-corrected chi connectivity index (χ0v) is 12.1. The third-order valence-corrected chi connectivity index (χ3v) is 3.78. The summed E-state index contributed by atoms with van der Waals surface area (Å²) in [5.41, 5.74) is 4.96. The van der Waals surface area contributed by atoms with Crippen LogP contribution in [0.1, 0.15) is 21.6 Å². The number of thiophene rings is 1. The zero-order valence-electron chi connectivity index (χ0n) is 11.2. The molecule has 2 aromatic rings. The number of amidine groups is 1. The van der Waals surface area contributed by atoms with Gasteiger partial charge in [-0.25, -0.2) is 0 Å². The maximum atomic E-state index is 4.35. The summed E-state index contributed by atoms with van der Waals surface area (Å²) in [6.45, 7) is 6.38. The number of nitrogens with one attached hydrogen (secondary N) is 1. The fourth-order valence-electron chi connectivity index (χ4n) is 2.14. The molecule has 0 unspecified atom stereocenters. The van der Waals surface area contributed by atoms with E-state index < -0.39 is 0 Å². The van der Waals surface area contributed by atoms with Crippen LogP contribution in [0.2, 0.25) is 0 Å². The van der Waals surface area contributed by atoms with E-state index in [1.54, 1.807) is 11.3 Å². The van der Waals surface area contributed by atoms with Gasteiger partial charge in [0.05, 0.1) is 4.88 Å². The average Bonchev–Trinajstić information content (AvgIpc) is 2.81. The molecule has 0 spiro atoms. The fourth-order valence-corrected chi connectivity index (χ4v) is 2.85. The van der Waals surface area contributed by atoms with Gasteiger partial charge >= 0.3 is 0 Å². The summed E-state index contributed by atoms with van der Waals surface area (Å²) in [4.78, 5) is 5.51. The van der Waals surface area contributed by atoms with Gasteiger partial charge < -0.3 is 5.32 Å². The van der Waals surface area contributed by atoms with E-state index in [-0.39, 0.29) is 0 Å². The Morgan fingerprint density at radius 1 is 1.17 bits per heavy atom. The summed E-state index contributed by atoms with van der Waals surface area (Å²) >= 11 is 1.70. The summed E-state index contributed by atoms with van der Waals surface area (Å²) in [5, 5.41) is 5.52. The Labute approximate surface area is 112 Å². The maximum absolute atomic E-state index is 4.35. The molecule has 0 bridgehead atoms. The molecule has 18 heavy (non-hydrogen) atoms. The molecule has 0 radical (unpaired) electrons. The number of aliphatic imine (C=N–C) groups is 1. The first-order valence-electron chi connectivity index (χ1n) is 5.97. The molecule has 0 aliphatic carbocycles. The van der Waals surface area contributed by atoms with Crippen molar-refractivity contribution in [3.63, 3.8) is 0 Å². The van der Waals surface area contributed by atoms with E-state index in [1.807, 2.05) is 13.1 Å². The standard InChI is InChI=1S/C15H18N2S/c1-10-8-11(2)14(12(3)9-10)17-15(16-4)13-6-5-7-18-13/h5-9H,1-4H3,(H,16,17). The monoisotopic (exact) mass is 258 g/mol. The summed E-state index contributed by atoms with van der Waals surface area (Å²) in [6.07, 6.45) is 0. The van der Waals surface area contributed by atoms with Crippen molar-refractivity contribution in [3.05, 3.63) is 51.2 Å². The molecule has 2 nitrogen and oxygen atoms in total. The molecule has 0 aliphatic rings. The average molecular weight is 258 g/mol. The normalized spacial score (nSPS) is 11.7. The predicted molar refractivity (Wildman–Crippen MR) is 81.1 cm³/mol. The van der Waals surface area contributed by atoms with Gasteiger partial charge in [-0.1, -0.05) is 23.8 Å². The van der Waals surface area contributed by atoms with Gasteiger partial charge in [0.15, 0.2) is 0 Å². The Hall–Kier alpha value is -1.61. The van der Waals surface area contributed by atoms with Crippen LogP contribution in [0, 0.1) is 20.8 Å². The molecule has 0 saturated heterocycles. The molecular formula is C15H18N2S. The molecule has 3 heteroatoms. The Morgan fingerprint density at radius 2 is 1.83 bits per heavy atom. The minimum absolute atomic E-state index is 0.931. The van der Waals surface area contributed by atoms with E-state index in [0.29, 0.717) is 0 Å². The van der Waals surface area contributed by atoms with Gasteiger partial charge in [0.2, 0.25) is 0 Å². The summed E-state index contributed by atoms with van der Waals surface area (Å²) in [7, 11) is 1.82. The van der Waals surface area contributed by atoms with E-state index >= 15 is 0 Å². The largest absolute Gasteiger partial charge is 0.339 e. The van der Waals surface area contributed by atoms with Crippen LogP contribution >= 0.6 is 11.3 Å². The number of benzene rings is 1. The Balaban J connectivity index is 2.34. The number of hydrogen-bond acceptors (Lipinski definition) is 2. The number of rotatable bonds is 2. The van der Waals surface area contributed by atoms with Crippen LogP contribution in [-0.2, 0) is 0 Å². The van der Waals surface area contributed by atoms with Crippen molar-refractivity contribution in [1.29, 1.82) is 0 Å². The van der Waals surface area contributed by atoms with Gasteiger partial charge in [-0.05, 0) is 43.3 Å². The molecule has 2 rings (SSSR count). The number of aryl methyl sites for hydroxylation is 3. The highest BCUT2D eigenvalue weighted by atomic mass is 32.1. The number of anilines is 1. The van der Waals surface area contributed by atoms with Crippen LogP contribution in [0.15, 0.2) is 34.6 Å². The van der Waals surface area contributed by atoms with E-state index in [1.165, 1.54) is 16.7 Å². The van der Waals surface area contributed by atoms with E-state index in [9.17, 15) is 0 Å². The fraction of sp³-hybridized carbons (Fsp3) is 0.267. The molecule has 0 fully saturated rings. The highest BCUT2D eigenvalue weighted by Gasteiger charge is 2.08. The lowest BCUT2D eigenvalue weighted by molar-refractivity contribution is 1.31. The lowest BCUT2D eigenvalue weighted by Gasteiger charge is -2.14. The summed E-state index contributed by atoms with van der Waals surface area (Å²) in [5.74, 6) is 0.931. The van der Waals surface area contributed by atoms with E-state index in [4.69, 9.17) is 0 Å². The first-order chi connectivity index (χ1) is 8.61. The zero-order chi connectivity index (χ0) is 13.1. The number of hydrogen-bond donors (Lipinski definition) is 1. The molecular weight excluding hydrogens is 240 g/mol. The van der Waals surface area contributed by atoms with Crippen molar-refractivity contribution >= 4 is 22.9 Å². The van der Waals surface area contributed by atoms with Crippen LogP contribution in [0.25, 0.3) is 0 Å². The van der Waals surface area contributed by atoms with Crippen LogP contribution in [0.5, 0.6) is 0 Å². The lowest BCUT2D eigenvalue weighted by Crippen LogP contribution is -2.14. The highest BCUT2D eigenvalue weighted by molar-refractivity contribution is 7.12. The van der Waals surface area contributed by atoms with Gasteiger partial charge in [0.1, 0.15) is 5.84 Å². The molecule has 0 amide bonds. The minimum Gasteiger partial charge on any atom is -0.339 e. The quantitative estimate of drug-likeness (QED) is 0.635. The molecule has 0 aliphatic heterocycles. The van der Waals surface area contributed by atoms with Crippen molar-refractivity contribution in [2.24, 2.45) is 4.99 Å². The van der Waals surface area contributed by atoms with Gasteiger partial charge in [-0.15, -0.1) is 11.3 Å². The second-order valence-corrected chi connectivity index (χ2v) is 5.40. The van der Waals surface area contributed by atoms with Crippen molar-refractivity contribution < 1.29 is 0 Å². The first-order valence-corrected chi connectivity index (χ1v) is 6.85. The first kappa shape index (κ1) is 12.8. The highest BCUT2D eigenvalue weighted by Crippen LogP contribution is 2.23. The Bertz CT molecular complexity index is 545. The number of nitrogens with zero attached hydrogens (tertiary/aromatic N) is 1. The van der Waals surface area contributed by atoms with Crippen molar-refractivity contribution in [2.45, 2.75) is 20.8 Å². The summed E-state index contributed by atoms with van der Waals surface area (Å²) < 4.78 is 0. The summed E-state index contributed by atoms with van der Waals surface area (Å²) in [6, 6.07) is 8.51. The minimum atomic E-state index is 0.931. The smallest absolute Gasteiger partial charge is 0.142 e. The predicted octanol–water partition coefficient (Wildman–Crippen LogP) is 4.16. The van der Waals surface area contributed by atoms with E-state index in [0.717, 1.165) is 16.4 Å².